The predicted octanol–water partition coefficient (Wildman–Crippen LogP) is 4.35. The molecule has 0 saturated heterocycles. The van der Waals surface area contributed by atoms with Crippen molar-refractivity contribution in [2.75, 3.05) is 0 Å². The summed E-state index contributed by atoms with van der Waals surface area (Å²) in [5.41, 5.74) is 2.50. The second-order valence-corrected chi connectivity index (χ2v) is 5.44. The number of ether oxygens (including phenoxy) is 1. The summed E-state index contributed by atoms with van der Waals surface area (Å²) in [7, 11) is 0. The van der Waals surface area contributed by atoms with Gasteiger partial charge in [-0.25, -0.2) is 9.37 Å². The van der Waals surface area contributed by atoms with Gasteiger partial charge in [0.15, 0.2) is 0 Å². The van der Waals surface area contributed by atoms with Gasteiger partial charge in [0.2, 0.25) is 0 Å². The molecule has 0 N–H and O–H groups in total. The molecule has 110 valence electrons. The predicted molar refractivity (Wildman–Crippen MR) is 81.6 cm³/mol. The maximum atomic E-state index is 13.0. The molecule has 0 radical (unpaired) electrons. The summed E-state index contributed by atoms with van der Waals surface area (Å²) < 4.78 is 21.1. The van der Waals surface area contributed by atoms with Crippen molar-refractivity contribution < 1.29 is 9.13 Å². The Kier molecular flexibility index (Phi) is 3.15. The van der Waals surface area contributed by atoms with Gasteiger partial charge in [-0.15, -0.1) is 0 Å². The lowest BCUT2D eigenvalue weighted by Gasteiger charge is -2.14. The Hall–Kier alpha value is -2.62. The van der Waals surface area contributed by atoms with E-state index >= 15 is 0 Å². The summed E-state index contributed by atoms with van der Waals surface area (Å²) in [5, 5.41) is 0. The van der Waals surface area contributed by atoms with Crippen LogP contribution in [0.15, 0.2) is 61.2 Å². The third-order valence-corrected chi connectivity index (χ3v) is 4.12. The molecule has 0 amide bonds. The Morgan fingerprint density at radius 1 is 1.14 bits per heavy atom. The van der Waals surface area contributed by atoms with Crippen molar-refractivity contribution in [3.63, 3.8) is 0 Å². The van der Waals surface area contributed by atoms with Crippen LogP contribution in [-0.4, -0.2) is 9.55 Å². The number of hydrogen-bond donors (Lipinski definition) is 0. The number of halogens is 1. The quantitative estimate of drug-likeness (QED) is 0.718. The molecule has 22 heavy (non-hydrogen) atoms. The summed E-state index contributed by atoms with van der Waals surface area (Å²) >= 11 is 0. The molecule has 1 aliphatic carbocycles. The van der Waals surface area contributed by atoms with E-state index in [0.29, 0.717) is 11.8 Å². The Morgan fingerprint density at radius 2 is 2.00 bits per heavy atom. The zero-order chi connectivity index (χ0) is 14.9. The lowest BCUT2D eigenvalue weighted by Crippen LogP contribution is -2.04. The minimum atomic E-state index is -0.259. The number of fused-ring (bicyclic) bond motifs is 1. The highest BCUT2D eigenvalue weighted by Crippen LogP contribution is 2.40. The van der Waals surface area contributed by atoms with Gasteiger partial charge >= 0.3 is 0 Å². The number of imidazole rings is 1. The first-order valence-corrected chi connectivity index (χ1v) is 7.34. The minimum absolute atomic E-state index is 0.259. The fourth-order valence-electron chi connectivity index (χ4n) is 3.09. The molecule has 0 bridgehead atoms. The fraction of sp³-hybridized carbons (Fsp3) is 0.167. The summed E-state index contributed by atoms with van der Waals surface area (Å²) in [5.74, 6) is 1.25. The molecular weight excluding hydrogens is 279 g/mol. The van der Waals surface area contributed by atoms with Crippen molar-refractivity contribution in [2.24, 2.45) is 0 Å². The summed E-state index contributed by atoms with van der Waals surface area (Å²) in [6.07, 6.45) is 7.66. The van der Waals surface area contributed by atoms with Crippen LogP contribution in [0, 0.1) is 5.82 Å². The van der Waals surface area contributed by atoms with Crippen LogP contribution in [0.1, 0.15) is 23.6 Å². The Bertz CT molecular complexity index is 781. The van der Waals surface area contributed by atoms with Crippen LogP contribution in [0.4, 0.5) is 4.39 Å². The van der Waals surface area contributed by atoms with E-state index in [-0.39, 0.29) is 5.82 Å². The van der Waals surface area contributed by atoms with Crippen LogP contribution in [0.3, 0.4) is 0 Å². The van der Waals surface area contributed by atoms with E-state index in [1.54, 1.807) is 18.3 Å². The van der Waals surface area contributed by atoms with Gasteiger partial charge in [0, 0.05) is 18.0 Å². The van der Waals surface area contributed by atoms with Crippen LogP contribution in [0.25, 0.3) is 0 Å². The standard InChI is InChI=1S/C18H15FN2O/c19-13-4-6-14(7-5-13)22-18-3-1-2-15-16(18)8-9-17(15)21-11-10-20-12-21/h1-7,10-12,17H,8-9H2. The Morgan fingerprint density at radius 3 is 2.77 bits per heavy atom. The number of hydrogen-bond acceptors (Lipinski definition) is 2. The van der Waals surface area contributed by atoms with Gasteiger partial charge < -0.3 is 9.30 Å². The van der Waals surface area contributed by atoms with Gasteiger partial charge in [-0.2, -0.15) is 0 Å². The first kappa shape index (κ1) is 13.1. The first-order chi connectivity index (χ1) is 10.8. The number of nitrogens with zero attached hydrogens (tertiary/aromatic N) is 2. The normalized spacial score (nSPS) is 16.5. The highest BCUT2D eigenvalue weighted by atomic mass is 19.1. The van der Waals surface area contributed by atoms with Crippen molar-refractivity contribution in [1.82, 2.24) is 9.55 Å². The molecular formula is C18H15FN2O. The topological polar surface area (TPSA) is 27.1 Å². The van der Waals surface area contributed by atoms with Crippen molar-refractivity contribution in [3.05, 3.63) is 78.1 Å². The molecule has 0 fully saturated rings. The molecule has 1 heterocycles. The molecule has 1 atom stereocenters. The van der Waals surface area contributed by atoms with Gasteiger partial charge in [-0.3, -0.25) is 0 Å². The van der Waals surface area contributed by atoms with Gasteiger partial charge in [-0.1, -0.05) is 12.1 Å². The molecule has 3 nitrogen and oxygen atoms in total. The van der Waals surface area contributed by atoms with E-state index in [2.05, 4.69) is 15.6 Å². The van der Waals surface area contributed by atoms with Gasteiger partial charge in [0.05, 0.1) is 12.4 Å². The Balaban J connectivity index is 1.67. The number of benzene rings is 2. The summed E-state index contributed by atoms with van der Waals surface area (Å²) in [6.45, 7) is 0. The van der Waals surface area contributed by atoms with Crippen LogP contribution in [0.5, 0.6) is 11.5 Å². The molecule has 1 aliphatic rings. The molecule has 0 saturated carbocycles. The lowest BCUT2D eigenvalue weighted by atomic mass is 10.1. The maximum absolute atomic E-state index is 13.0. The molecule has 1 aromatic heterocycles. The van der Waals surface area contributed by atoms with Crippen LogP contribution in [-0.2, 0) is 6.42 Å². The van der Waals surface area contributed by atoms with E-state index in [9.17, 15) is 4.39 Å². The molecule has 0 aliphatic heterocycles. The van der Waals surface area contributed by atoms with Crippen molar-refractivity contribution >= 4 is 0 Å². The average molecular weight is 294 g/mol. The van der Waals surface area contributed by atoms with Gasteiger partial charge in [0.25, 0.3) is 0 Å². The van der Waals surface area contributed by atoms with Gasteiger partial charge in [0.1, 0.15) is 17.3 Å². The van der Waals surface area contributed by atoms with Crippen molar-refractivity contribution in [2.45, 2.75) is 18.9 Å². The SMILES string of the molecule is Fc1ccc(Oc2cccc3c2CCC3n2ccnc2)cc1. The molecule has 3 aromatic rings. The van der Waals surface area contributed by atoms with Crippen LogP contribution >= 0.6 is 0 Å². The number of aromatic nitrogens is 2. The van der Waals surface area contributed by atoms with Crippen LogP contribution in [0.2, 0.25) is 0 Å². The zero-order valence-electron chi connectivity index (χ0n) is 11.9. The highest BCUT2D eigenvalue weighted by Gasteiger charge is 2.26. The second kappa shape index (κ2) is 5.30. The summed E-state index contributed by atoms with van der Waals surface area (Å²) in [4.78, 5) is 4.13. The lowest BCUT2D eigenvalue weighted by molar-refractivity contribution is 0.475. The van der Waals surface area contributed by atoms with E-state index in [1.807, 2.05) is 24.7 Å². The smallest absolute Gasteiger partial charge is 0.130 e. The zero-order valence-corrected chi connectivity index (χ0v) is 11.9. The molecule has 4 heteroatoms. The molecule has 2 aromatic carbocycles. The van der Waals surface area contributed by atoms with E-state index in [1.165, 1.54) is 23.3 Å². The van der Waals surface area contributed by atoms with Gasteiger partial charge in [-0.05, 0) is 48.7 Å². The van der Waals surface area contributed by atoms with Crippen molar-refractivity contribution in [3.8, 4) is 11.5 Å². The van der Waals surface area contributed by atoms with Crippen LogP contribution < -0.4 is 4.74 Å². The third kappa shape index (κ3) is 2.26. The molecule has 0 spiro atoms. The molecule has 1 unspecified atom stereocenters. The van der Waals surface area contributed by atoms with E-state index < -0.39 is 0 Å². The highest BCUT2D eigenvalue weighted by molar-refractivity contribution is 5.47. The number of rotatable bonds is 3. The largest absolute Gasteiger partial charge is 0.457 e. The Labute approximate surface area is 128 Å². The molecule has 4 rings (SSSR count). The fourth-order valence-corrected chi connectivity index (χ4v) is 3.09. The maximum Gasteiger partial charge on any atom is 0.130 e. The monoisotopic (exact) mass is 294 g/mol. The first-order valence-electron chi connectivity index (χ1n) is 7.34. The second-order valence-electron chi connectivity index (χ2n) is 5.44. The average Bonchev–Trinajstić information content (AvgIpc) is 3.18. The van der Waals surface area contributed by atoms with E-state index in [0.717, 1.165) is 18.6 Å². The summed E-state index contributed by atoms with van der Waals surface area (Å²) in [6, 6.07) is 12.6. The minimum Gasteiger partial charge on any atom is -0.457 e. The third-order valence-electron chi connectivity index (χ3n) is 4.12. The van der Waals surface area contributed by atoms with Crippen molar-refractivity contribution in [1.29, 1.82) is 0 Å². The van der Waals surface area contributed by atoms with E-state index in [4.69, 9.17) is 4.74 Å².